The van der Waals surface area contributed by atoms with Gasteiger partial charge in [-0.05, 0) is 85.9 Å². The number of halogens is 1. The molecular weight excluding hydrogens is 443 g/mol. The number of hydrogen-bond donors (Lipinski definition) is 1. The molecule has 6 nitrogen and oxygen atoms in total. The van der Waals surface area contributed by atoms with Crippen molar-refractivity contribution in [1.29, 1.82) is 0 Å². The van der Waals surface area contributed by atoms with Crippen LogP contribution < -0.4 is 10.2 Å². The highest BCUT2D eigenvalue weighted by Gasteiger charge is 2.23. The van der Waals surface area contributed by atoms with Gasteiger partial charge in [-0.25, -0.2) is 4.39 Å². The summed E-state index contributed by atoms with van der Waals surface area (Å²) in [6.07, 6.45) is 6.77. The lowest BCUT2D eigenvalue weighted by molar-refractivity contribution is -0.107. The number of anilines is 2. The van der Waals surface area contributed by atoms with Crippen molar-refractivity contribution in [2.45, 2.75) is 25.2 Å². The lowest BCUT2D eigenvalue weighted by Gasteiger charge is -2.34. The number of aromatic nitrogens is 1. The molecule has 0 unspecified atom stereocenters. The van der Waals surface area contributed by atoms with Gasteiger partial charge >= 0.3 is 0 Å². The minimum absolute atomic E-state index is 0.0707. The molecule has 0 radical (unpaired) electrons. The van der Waals surface area contributed by atoms with Gasteiger partial charge in [0.2, 0.25) is 0 Å². The minimum atomic E-state index is -0.199. The topological polar surface area (TPSA) is 65.5 Å². The van der Waals surface area contributed by atoms with Gasteiger partial charge in [-0.2, -0.15) is 0 Å². The van der Waals surface area contributed by atoms with Gasteiger partial charge in [-0.15, -0.1) is 0 Å². The van der Waals surface area contributed by atoms with E-state index in [0.29, 0.717) is 31.0 Å². The van der Waals surface area contributed by atoms with Gasteiger partial charge in [0.05, 0.1) is 11.9 Å². The number of benzene rings is 2. The summed E-state index contributed by atoms with van der Waals surface area (Å²) in [5.74, 6) is 0.176. The van der Waals surface area contributed by atoms with E-state index in [2.05, 4.69) is 15.2 Å². The largest absolute Gasteiger partial charge is 0.385 e. The van der Waals surface area contributed by atoms with Crippen LogP contribution >= 0.6 is 0 Å². The van der Waals surface area contributed by atoms with Gasteiger partial charge in [0, 0.05) is 43.5 Å². The molecule has 1 aromatic heterocycles. The fourth-order valence-corrected chi connectivity index (χ4v) is 4.49. The van der Waals surface area contributed by atoms with E-state index in [1.807, 2.05) is 48.5 Å². The van der Waals surface area contributed by atoms with Crippen molar-refractivity contribution in [1.82, 2.24) is 9.88 Å². The van der Waals surface area contributed by atoms with E-state index in [1.54, 1.807) is 17.3 Å². The van der Waals surface area contributed by atoms with Crippen LogP contribution in [-0.4, -0.2) is 54.8 Å². The number of rotatable bonds is 10. The second-order valence-corrected chi connectivity index (χ2v) is 8.79. The Kier molecular flexibility index (Phi) is 8.57. The summed E-state index contributed by atoms with van der Waals surface area (Å²) in [5.41, 5.74) is 3.44. The van der Waals surface area contributed by atoms with E-state index in [9.17, 15) is 14.0 Å². The van der Waals surface area contributed by atoms with Crippen LogP contribution in [0.15, 0.2) is 73.1 Å². The first-order valence-corrected chi connectivity index (χ1v) is 12.1. The summed E-state index contributed by atoms with van der Waals surface area (Å²) in [6, 6.07) is 17.9. The number of piperidine rings is 1. The SMILES string of the molecule is O=CCCNc1ccc(C(=O)N(CCN2CCC(c3ccc(F)cc3)CC2)c2cccnc2)cc1. The molecule has 0 atom stereocenters. The zero-order chi connectivity index (χ0) is 24.5. The molecule has 2 aromatic carbocycles. The Morgan fingerprint density at radius 1 is 1.09 bits per heavy atom. The Bertz CT molecular complexity index is 1080. The highest BCUT2D eigenvalue weighted by atomic mass is 19.1. The summed E-state index contributed by atoms with van der Waals surface area (Å²) in [6.45, 7) is 3.78. The molecule has 1 fully saturated rings. The van der Waals surface area contributed by atoms with Crippen LogP contribution in [0.2, 0.25) is 0 Å². The lowest BCUT2D eigenvalue weighted by atomic mass is 9.89. The van der Waals surface area contributed by atoms with Crippen molar-refractivity contribution in [2.75, 3.05) is 42.9 Å². The molecule has 2 heterocycles. The second-order valence-electron chi connectivity index (χ2n) is 8.79. The molecule has 7 heteroatoms. The molecule has 3 aromatic rings. The normalized spacial score (nSPS) is 14.4. The number of likely N-dealkylation sites (tertiary alicyclic amines) is 1. The van der Waals surface area contributed by atoms with Gasteiger partial charge in [0.15, 0.2) is 0 Å². The third kappa shape index (κ3) is 6.73. The van der Waals surface area contributed by atoms with E-state index in [4.69, 9.17) is 0 Å². The Hall–Kier alpha value is -3.58. The molecular formula is C28H31FN4O2. The predicted octanol–water partition coefficient (Wildman–Crippen LogP) is 4.75. The molecule has 182 valence electrons. The molecule has 0 bridgehead atoms. The number of carbonyl (C=O) groups excluding carboxylic acids is 2. The monoisotopic (exact) mass is 474 g/mol. The molecule has 1 saturated heterocycles. The van der Waals surface area contributed by atoms with E-state index in [-0.39, 0.29) is 11.7 Å². The quantitative estimate of drug-likeness (QED) is 0.339. The van der Waals surface area contributed by atoms with Gasteiger partial charge in [-0.3, -0.25) is 9.78 Å². The first-order valence-electron chi connectivity index (χ1n) is 12.1. The van der Waals surface area contributed by atoms with Crippen LogP contribution in [0.4, 0.5) is 15.8 Å². The molecule has 35 heavy (non-hydrogen) atoms. The molecule has 1 N–H and O–H groups in total. The summed E-state index contributed by atoms with van der Waals surface area (Å²) >= 11 is 0. The van der Waals surface area contributed by atoms with Crippen LogP contribution in [0.5, 0.6) is 0 Å². The number of nitrogens with one attached hydrogen (secondary N) is 1. The van der Waals surface area contributed by atoms with Gasteiger partial charge in [0.1, 0.15) is 12.1 Å². The van der Waals surface area contributed by atoms with Crippen LogP contribution in [0.3, 0.4) is 0 Å². The number of hydrogen-bond acceptors (Lipinski definition) is 5. The average molecular weight is 475 g/mol. The molecule has 4 rings (SSSR count). The van der Waals surface area contributed by atoms with Crippen LogP contribution in [0.25, 0.3) is 0 Å². The van der Waals surface area contributed by atoms with Crippen molar-refractivity contribution in [3.05, 3.63) is 90.0 Å². The summed E-state index contributed by atoms with van der Waals surface area (Å²) < 4.78 is 13.2. The zero-order valence-corrected chi connectivity index (χ0v) is 19.8. The minimum Gasteiger partial charge on any atom is -0.385 e. The summed E-state index contributed by atoms with van der Waals surface area (Å²) in [4.78, 5) is 32.3. The van der Waals surface area contributed by atoms with Crippen LogP contribution in [0.1, 0.15) is 41.1 Å². The van der Waals surface area contributed by atoms with Crippen molar-refractivity contribution in [3.8, 4) is 0 Å². The predicted molar refractivity (Wildman–Crippen MR) is 136 cm³/mol. The van der Waals surface area contributed by atoms with Gasteiger partial charge in [-0.1, -0.05) is 12.1 Å². The van der Waals surface area contributed by atoms with E-state index in [1.165, 1.54) is 17.7 Å². The smallest absolute Gasteiger partial charge is 0.258 e. The Labute approximate surface area is 205 Å². The number of nitrogens with zero attached hydrogens (tertiary/aromatic N) is 3. The third-order valence-electron chi connectivity index (χ3n) is 6.49. The Balaban J connectivity index is 1.37. The highest BCUT2D eigenvalue weighted by Crippen LogP contribution is 2.28. The molecule has 0 spiro atoms. The van der Waals surface area contributed by atoms with Gasteiger partial charge < -0.3 is 19.9 Å². The molecule has 0 saturated carbocycles. The Morgan fingerprint density at radius 2 is 1.83 bits per heavy atom. The zero-order valence-electron chi connectivity index (χ0n) is 19.8. The summed E-state index contributed by atoms with van der Waals surface area (Å²) in [7, 11) is 0. The van der Waals surface area contributed by atoms with Gasteiger partial charge in [0.25, 0.3) is 5.91 Å². The van der Waals surface area contributed by atoms with E-state index < -0.39 is 0 Å². The third-order valence-corrected chi connectivity index (χ3v) is 6.49. The first-order chi connectivity index (χ1) is 17.1. The van der Waals surface area contributed by atoms with Crippen LogP contribution in [0, 0.1) is 5.82 Å². The number of carbonyl (C=O) groups is 2. The second kappa shape index (κ2) is 12.2. The van der Waals surface area contributed by atoms with Crippen molar-refractivity contribution in [3.63, 3.8) is 0 Å². The lowest BCUT2D eigenvalue weighted by Crippen LogP contribution is -2.41. The van der Waals surface area contributed by atoms with E-state index >= 15 is 0 Å². The van der Waals surface area contributed by atoms with E-state index in [0.717, 1.165) is 50.1 Å². The highest BCUT2D eigenvalue weighted by molar-refractivity contribution is 6.06. The maximum atomic E-state index is 13.4. The number of pyridine rings is 1. The standard InChI is InChI=1S/C28H31FN4O2/c29-25-8-4-22(5-9-25)23-12-16-32(17-13-23)18-19-33(27-3-1-14-30-21-27)28(35)24-6-10-26(11-7-24)31-15-2-20-34/h1,3-11,14,20-21,23,31H,2,12-13,15-19H2. The van der Waals surface area contributed by atoms with Crippen LogP contribution in [-0.2, 0) is 4.79 Å². The fraction of sp³-hybridized carbons (Fsp3) is 0.321. The van der Waals surface area contributed by atoms with Crippen molar-refractivity contribution >= 4 is 23.6 Å². The summed E-state index contributed by atoms with van der Waals surface area (Å²) in [5, 5.41) is 3.17. The molecule has 1 aliphatic heterocycles. The average Bonchev–Trinajstić information content (AvgIpc) is 2.91. The fourth-order valence-electron chi connectivity index (χ4n) is 4.49. The Morgan fingerprint density at radius 3 is 2.49 bits per heavy atom. The van der Waals surface area contributed by atoms with Crippen molar-refractivity contribution in [2.24, 2.45) is 0 Å². The molecule has 1 aliphatic rings. The first kappa shape index (κ1) is 24.5. The maximum Gasteiger partial charge on any atom is 0.258 e. The number of amides is 1. The number of aldehydes is 1. The van der Waals surface area contributed by atoms with Crippen molar-refractivity contribution < 1.29 is 14.0 Å². The maximum absolute atomic E-state index is 13.4. The molecule has 0 aliphatic carbocycles. The molecule has 1 amide bonds.